The van der Waals surface area contributed by atoms with Gasteiger partial charge in [-0.15, -0.1) is 35.5 Å². The molecule has 1 aliphatic rings. The zero-order chi connectivity index (χ0) is 25.1. The van der Waals surface area contributed by atoms with E-state index in [1.807, 2.05) is 23.9 Å². The van der Waals surface area contributed by atoms with Gasteiger partial charge in [0.2, 0.25) is 0 Å². The molecule has 0 aliphatic carbocycles. The topological polar surface area (TPSA) is 50.2 Å². The summed E-state index contributed by atoms with van der Waals surface area (Å²) in [6.45, 7) is 2.85. The average Bonchev–Trinajstić information content (AvgIpc) is 3.02. The number of aliphatic hydroxyl groups excluding tert-OH is 1. The van der Waals surface area contributed by atoms with Gasteiger partial charge in [0.15, 0.2) is 5.78 Å². The van der Waals surface area contributed by atoms with Crippen LogP contribution >= 0.6 is 11.8 Å². The third-order valence-electron chi connectivity index (χ3n) is 5.81. The number of carbonyl (C=O) groups excluding carboxylic acids is 1. The van der Waals surface area contributed by atoms with Gasteiger partial charge < -0.3 is 5.11 Å². The van der Waals surface area contributed by atoms with Crippen LogP contribution in [-0.2, 0) is 24.9 Å². The van der Waals surface area contributed by atoms with E-state index in [0.29, 0.717) is 0 Å². The summed E-state index contributed by atoms with van der Waals surface area (Å²) in [5.74, 6) is -0.0625. The molecule has 0 saturated heterocycles. The number of nitrogens with zero attached hydrogens (tertiary/aromatic N) is 1. The molecule has 0 fully saturated rings. The van der Waals surface area contributed by atoms with Crippen molar-refractivity contribution >= 4 is 28.4 Å². The number of fused-ring (bicyclic) bond motifs is 6. The second-order valence-corrected chi connectivity index (χ2v) is 9.64. The van der Waals surface area contributed by atoms with Crippen LogP contribution in [0.4, 0.5) is 0 Å². The Labute approximate surface area is 234 Å². The predicted molar refractivity (Wildman–Crippen MR) is 148 cm³/mol. The summed E-state index contributed by atoms with van der Waals surface area (Å²) >= 11 is 1.81. The molecular formula is C32H24IrNO2S-. The molecule has 37 heavy (non-hydrogen) atoms. The van der Waals surface area contributed by atoms with Crippen LogP contribution in [0.1, 0.15) is 13.8 Å². The molecule has 1 aromatic heterocycles. The molecule has 0 saturated carbocycles. The second kappa shape index (κ2) is 11.7. The van der Waals surface area contributed by atoms with Gasteiger partial charge in [-0.1, -0.05) is 83.3 Å². The molecule has 6 rings (SSSR count). The van der Waals surface area contributed by atoms with Crippen LogP contribution in [0.15, 0.2) is 119 Å². The Morgan fingerprint density at radius 3 is 2.16 bits per heavy atom. The third-order valence-corrected chi connectivity index (χ3v) is 6.95. The fourth-order valence-electron chi connectivity index (χ4n) is 4.28. The van der Waals surface area contributed by atoms with Gasteiger partial charge in [0, 0.05) is 31.1 Å². The molecule has 0 amide bonds. The predicted octanol–water partition coefficient (Wildman–Crippen LogP) is 8.54. The Balaban J connectivity index is 0.000000356. The minimum Gasteiger partial charge on any atom is -0.512 e. The molecule has 5 aromatic rings. The van der Waals surface area contributed by atoms with Gasteiger partial charge in [0.25, 0.3) is 0 Å². The van der Waals surface area contributed by atoms with E-state index < -0.39 is 0 Å². The first-order valence-corrected chi connectivity index (χ1v) is 12.5. The largest absolute Gasteiger partial charge is 0.512 e. The number of hydrogen-bond acceptors (Lipinski definition) is 4. The monoisotopic (exact) mass is 679 g/mol. The fraction of sp³-hybridized carbons (Fsp3) is 0.0625. The van der Waals surface area contributed by atoms with Crippen molar-refractivity contribution in [1.82, 2.24) is 4.98 Å². The maximum atomic E-state index is 10.0. The van der Waals surface area contributed by atoms with Crippen LogP contribution in [0.3, 0.4) is 0 Å². The first-order valence-electron chi connectivity index (χ1n) is 11.7. The van der Waals surface area contributed by atoms with Crippen LogP contribution in [0, 0.1) is 6.07 Å². The number of allylic oxidation sites excluding steroid dienone is 2. The molecule has 1 N–H and O–H groups in total. The normalized spacial score (nSPS) is 11.6. The van der Waals surface area contributed by atoms with E-state index in [1.54, 1.807) is 0 Å². The Morgan fingerprint density at radius 2 is 1.46 bits per heavy atom. The Bertz CT molecular complexity index is 1620. The van der Waals surface area contributed by atoms with Crippen molar-refractivity contribution in [3.63, 3.8) is 0 Å². The van der Waals surface area contributed by atoms with Crippen molar-refractivity contribution in [2.45, 2.75) is 23.6 Å². The van der Waals surface area contributed by atoms with Crippen molar-refractivity contribution < 1.29 is 30.0 Å². The number of benzene rings is 4. The summed E-state index contributed by atoms with van der Waals surface area (Å²) in [5, 5.41) is 9.52. The van der Waals surface area contributed by atoms with E-state index in [4.69, 9.17) is 10.1 Å². The molecule has 0 atom stereocenters. The smallest absolute Gasteiger partial charge is 0.155 e. The molecule has 1 aliphatic heterocycles. The number of ketones is 1. The quantitative estimate of drug-likeness (QED) is 0.113. The van der Waals surface area contributed by atoms with E-state index in [0.717, 1.165) is 22.2 Å². The van der Waals surface area contributed by atoms with Gasteiger partial charge >= 0.3 is 0 Å². The minimum absolute atomic E-state index is 0. The Morgan fingerprint density at radius 1 is 0.811 bits per heavy atom. The number of carbonyl (C=O) groups is 1. The van der Waals surface area contributed by atoms with Crippen molar-refractivity contribution in [2.75, 3.05) is 0 Å². The standard InChI is InChI=1S/C27H16NS.C5H8O2.Ir/c1-5-11-24-18(7-1)13-15-25(28-24)19-14-16-27-23(17-19)21-9-3-2-8-20(21)22-10-4-6-12-26(22)29-27;1-4(6)3-5(2)7;/h1-13,15-17H;3,6H,1-2H3;/q-1;;/b;4-3-;. The first kappa shape index (κ1) is 26.6. The van der Waals surface area contributed by atoms with Gasteiger partial charge in [0.1, 0.15) is 0 Å². The summed E-state index contributed by atoms with van der Waals surface area (Å²) in [7, 11) is 0. The maximum absolute atomic E-state index is 10.0. The molecule has 1 radical (unpaired) electrons. The molecular weight excluding hydrogens is 655 g/mol. The van der Waals surface area contributed by atoms with Gasteiger partial charge in [-0.2, -0.15) is 0 Å². The van der Waals surface area contributed by atoms with Crippen LogP contribution < -0.4 is 0 Å². The molecule has 4 aromatic carbocycles. The summed E-state index contributed by atoms with van der Waals surface area (Å²) in [4.78, 5) is 17.4. The molecule has 5 heteroatoms. The molecule has 3 nitrogen and oxygen atoms in total. The zero-order valence-electron chi connectivity index (χ0n) is 20.4. The zero-order valence-corrected chi connectivity index (χ0v) is 23.6. The summed E-state index contributed by atoms with van der Waals surface area (Å²) in [5.41, 5.74) is 8.05. The minimum atomic E-state index is -0.125. The molecule has 185 valence electrons. The number of para-hydroxylation sites is 1. The molecule has 0 unspecified atom stereocenters. The van der Waals surface area contributed by atoms with Crippen LogP contribution in [0.2, 0.25) is 0 Å². The van der Waals surface area contributed by atoms with E-state index in [2.05, 4.69) is 91.0 Å². The molecule has 0 spiro atoms. The number of hydrogen-bond donors (Lipinski definition) is 1. The van der Waals surface area contributed by atoms with Crippen molar-refractivity contribution in [3.05, 3.63) is 115 Å². The average molecular weight is 679 g/mol. The van der Waals surface area contributed by atoms with Crippen LogP contribution in [-0.4, -0.2) is 15.9 Å². The molecule has 0 bridgehead atoms. The van der Waals surface area contributed by atoms with Gasteiger partial charge in [-0.05, 0) is 53.8 Å². The number of aliphatic hydroxyl groups is 1. The summed E-state index contributed by atoms with van der Waals surface area (Å²) < 4.78 is 0. The van der Waals surface area contributed by atoms with E-state index in [1.165, 1.54) is 52.0 Å². The van der Waals surface area contributed by atoms with Crippen LogP contribution in [0.25, 0.3) is 44.4 Å². The van der Waals surface area contributed by atoms with Crippen molar-refractivity contribution in [1.29, 1.82) is 0 Å². The van der Waals surface area contributed by atoms with Crippen molar-refractivity contribution in [2.24, 2.45) is 0 Å². The Kier molecular flexibility index (Phi) is 8.40. The van der Waals surface area contributed by atoms with Crippen molar-refractivity contribution in [3.8, 4) is 33.5 Å². The van der Waals surface area contributed by atoms with Gasteiger partial charge in [-0.25, -0.2) is 0 Å². The number of aromatic nitrogens is 1. The third kappa shape index (κ3) is 5.91. The molecule has 2 heterocycles. The van der Waals surface area contributed by atoms with E-state index in [9.17, 15) is 4.79 Å². The van der Waals surface area contributed by atoms with Gasteiger partial charge in [-0.3, -0.25) is 9.78 Å². The fourth-order valence-corrected chi connectivity index (χ4v) is 5.35. The van der Waals surface area contributed by atoms with Gasteiger partial charge in [0.05, 0.1) is 11.3 Å². The maximum Gasteiger partial charge on any atom is 0.155 e. The number of pyridine rings is 1. The Hall–Kier alpha value is -3.50. The SMILES string of the molecule is CC(=O)/C=C(/C)O.[Ir].[c-]1cc2c(cc1-c1ccc3ccccc3n1)-c1ccccc1-c1ccccc1S2. The van der Waals surface area contributed by atoms with E-state index in [-0.39, 0.29) is 31.6 Å². The second-order valence-electron chi connectivity index (χ2n) is 8.55. The summed E-state index contributed by atoms with van der Waals surface area (Å²) in [6, 6.07) is 37.6. The first-order chi connectivity index (χ1) is 17.5. The summed E-state index contributed by atoms with van der Waals surface area (Å²) in [6.07, 6.45) is 1.17. The number of rotatable bonds is 2. The van der Waals surface area contributed by atoms with E-state index >= 15 is 0 Å². The van der Waals surface area contributed by atoms with Crippen LogP contribution in [0.5, 0.6) is 0 Å².